The monoisotopic (exact) mass is 463 g/mol. The summed E-state index contributed by atoms with van der Waals surface area (Å²) >= 11 is 0. The molecular formula is C26H25NO5S. The van der Waals surface area contributed by atoms with Crippen molar-refractivity contribution >= 4 is 15.7 Å². The van der Waals surface area contributed by atoms with Crippen molar-refractivity contribution in [3.05, 3.63) is 108 Å². The zero-order chi connectivity index (χ0) is 23.4. The number of nitrogens with zero attached hydrogens (tertiary/aromatic N) is 1. The van der Waals surface area contributed by atoms with Crippen LogP contribution in [0.4, 0.5) is 0 Å². The van der Waals surface area contributed by atoms with Crippen molar-refractivity contribution in [2.45, 2.75) is 42.8 Å². The molecule has 4 aromatic rings. The average molecular weight is 464 g/mol. The molecule has 4 rings (SSSR count). The Bertz CT molecular complexity index is 1300. The Morgan fingerprint density at radius 2 is 1.61 bits per heavy atom. The van der Waals surface area contributed by atoms with Crippen LogP contribution in [0.2, 0.25) is 0 Å². The highest BCUT2D eigenvalue weighted by Gasteiger charge is 2.26. The lowest BCUT2D eigenvalue weighted by Gasteiger charge is -2.21. The molecule has 0 unspecified atom stereocenters. The van der Waals surface area contributed by atoms with Crippen LogP contribution in [-0.4, -0.2) is 19.2 Å². The second-order valence-corrected chi connectivity index (χ2v) is 9.95. The summed E-state index contributed by atoms with van der Waals surface area (Å²) in [4.78, 5) is 15.0. The summed E-state index contributed by atoms with van der Waals surface area (Å²) in [5, 5.41) is -0.267. The van der Waals surface area contributed by atoms with Crippen molar-refractivity contribution in [3.8, 4) is 0 Å². The van der Waals surface area contributed by atoms with Crippen LogP contribution in [-0.2, 0) is 22.9 Å². The number of benzene rings is 2. The van der Waals surface area contributed by atoms with Crippen molar-refractivity contribution in [1.82, 2.24) is 4.90 Å². The van der Waals surface area contributed by atoms with E-state index in [1.165, 1.54) is 29.8 Å². The molecule has 2 heterocycles. The Balaban J connectivity index is 1.60. The summed E-state index contributed by atoms with van der Waals surface area (Å²) < 4.78 is 36.7. The molecule has 0 bridgehead atoms. The Hall–Kier alpha value is -3.58. The van der Waals surface area contributed by atoms with E-state index in [4.69, 9.17) is 8.83 Å². The number of furan rings is 2. The van der Waals surface area contributed by atoms with Gasteiger partial charge in [0.25, 0.3) is 5.91 Å². The van der Waals surface area contributed by atoms with Crippen LogP contribution in [0, 0.1) is 0 Å². The molecule has 0 saturated heterocycles. The minimum atomic E-state index is -3.86. The maximum Gasteiger partial charge on any atom is 0.290 e. The molecule has 1 amide bonds. The maximum atomic E-state index is 13.3. The van der Waals surface area contributed by atoms with Gasteiger partial charge < -0.3 is 13.7 Å². The van der Waals surface area contributed by atoms with E-state index >= 15 is 0 Å². The summed E-state index contributed by atoms with van der Waals surface area (Å²) in [5.74, 6) is 0.558. The third kappa shape index (κ3) is 5.09. The number of carbonyl (C=O) groups is 1. The van der Waals surface area contributed by atoms with Crippen LogP contribution in [0.3, 0.4) is 0 Å². The minimum Gasteiger partial charge on any atom is -0.467 e. The van der Waals surface area contributed by atoms with E-state index in [1.54, 1.807) is 41.5 Å². The lowest BCUT2D eigenvalue weighted by molar-refractivity contribution is 0.0679. The molecule has 0 aliphatic carbocycles. The lowest BCUT2D eigenvalue weighted by atomic mass is 10.0. The summed E-state index contributed by atoms with van der Waals surface area (Å²) in [6, 6.07) is 22.3. The van der Waals surface area contributed by atoms with Crippen LogP contribution in [0.15, 0.2) is 104 Å². The van der Waals surface area contributed by atoms with Crippen LogP contribution < -0.4 is 0 Å². The lowest BCUT2D eigenvalue weighted by Crippen LogP contribution is -2.29. The molecule has 33 heavy (non-hydrogen) atoms. The second kappa shape index (κ2) is 9.50. The van der Waals surface area contributed by atoms with Crippen LogP contribution in [0.5, 0.6) is 0 Å². The van der Waals surface area contributed by atoms with Gasteiger partial charge in [0, 0.05) is 6.54 Å². The molecule has 7 heteroatoms. The second-order valence-electron chi connectivity index (χ2n) is 8.07. The van der Waals surface area contributed by atoms with Gasteiger partial charge in [0.1, 0.15) is 5.76 Å². The van der Waals surface area contributed by atoms with Gasteiger partial charge in [-0.15, -0.1) is 0 Å². The number of sulfone groups is 1. The van der Waals surface area contributed by atoms with Gasteiger partial charge in [-0.05, 0) is 53.4 Å². The minimum absolute atomic E-state index is 0.0464. The third-order valence-corrected chi connectivity index (χ3v) is 6.99. The number of carbonyl (C=O) groups excluding carboxylic acids is 1. The van der Waals surface area contributed by atoms with Crippen molar-refractivity contribution < 1.29 is 22.0 Å². The predicted molar refractivity (Wildman–Crippen MR) is 123 cm³/mol. The Morgan fingerprint density at radius 3 is 2.24 bits per heavy atom. The Labute approximate surface area is 193 Å². The molecule has 0 atom stereocenters. The summed E-state index contributed by atoms with van der Waals surface area (Å²) in [6.45, 7) is 4.79. The molecule has 0 spiro atoms. The predicted octanol–water partition coefficient (Wildman–Crippen LogP) is 5.67. The fraction of sp³-hybridized carbons (Fsp3) is 0.192. The van der Waals surface area contributed by atoms with E-state index in [0.717, 1.165) is 5.56 Å². The molecule has 0 radical (unpaired) electrons. The normalized spacial score (nSPS) is 11.6. The Morgan fingerprint density at radius 1 is 0.879 bits per heavy atom. The summed E-state index contributed by atoms with van der Waals surface area (Å²) in [7, 11) is -3.86. The number of hydrogen-bond donors (Lipinski definition) is 0. The van der Waals surface area contributed by atoms with Crippen molar-refractivity contribution in [2.24, 2.45) is 0 Å². The number of amides is 1. The third-order valence-electron chi connectivity index (χ3n) is 5.34. The molecular weight excluding hydrogens is 438 g/mol. The highest BCUT2D eigenvalue weighted by Crippen LogP contribution is 2.24. The first-order valence-corrected chi connectivity index (χ1v) is 12.1. The van der Waals surface area contributed by atoms with Crippen LogP contribution >= 0.6 is 0 Å². The molecule has 2 aromatic heterocycles. The fourth-order valence-electron chi connectivity index (χ4n) is 3.47. The fourth-order valence-corrected chi connectivity index (χ4v) is 4.66. The van der Waals surface area contributed by atoms with Crippen LogP contribution in [0.25, 0.3) is 0 Å². The standard InChI is InChI=1S/C26H25NO5S/c1-19(2)21-12-10-20(11-13-21)17-27(18-22-7-6-16-31-22)26(28)24-14-15-25(32-24)33(29,30)23-8-4-3-5-9-23/h3-16,19H,17-18H2,1-2H3. The van der Waals surface area contributed by atoms with Gasteiger partial charge in [-0.3, -0.25) is 4.79 Å². The average Bonchev–Trinajstić information content (AvgIpc) is 3.52. The van der Waals surface area contributed by atoms with Gasteiger partial charge in [-0.1, -0.05) is 56.3 Å². The molecule has 0 aliphatic rings. The summed E-state index contributed by atoms with van der Waals surface area (Å²) in [5.41, 5.74) is 2.16. The molecule has 0 saturated carbocycles. The summed E-state index contributed by atoms with van der Waals surface area (Å²) in [6.07, 6.45) is 1.55. The molecule has 0 aliphatic heterocycles. The van der Waals surface area contributed by atoms with E-state index in [0.29, 0.717) is 18.2 Å². The molecule has 0 fully saturated rings. The quantitative estimate of drug-likeness (QED) is 0.336. The van der Waals surface area contributed by atoms with Gasteiger partial charge in [0.2, 0.25) is 14.9 Å². The van der Waals surface area contributed by atoms with E-state index in [-0.39, 0.29) is 22.3 Å². The smallest absolute Gasteiger partial charge is 0.290 e. The van der Waals surface area contributed by atoms with E-state index in [9.17, 15) is 13.2 Å². The largest absolute Gasteiger partial charge is 0.467 e. The van der Waals surface area contributed by atoms with E-state index in [1.807, 2.05) is 24.3 Å². The van der Waals surface area contributed by atoms with E-state index in [2.05, 4.69) is 13.8 Å². The van der Waals surface area contributed by atoms with Crippen molar-refractivity contribution in [1.29, 1.82) is 0 Å². The van der Waals surface area contributed by atoms with E-state index < -0.39 is 15.7 Å². The highest BCUT2D eigenvalue weighted by atomic mass is 32.2. The molecule has 2 aromatic carbocycles. The van der Waals surface area contributed by atoms with Gasteiger partial charge in [0.15, 0.2) is 5.76 Å². The molecule has 170 valence electrons. The van der Waals surface area contributed by atoms with Crippen molar-refractivity contribution in [2.75, 3.05) is 0 Å². The van der Waals surface area contributed by atoms with Crippen LogP contribution in [0.1, 0.15) is 47.2 Å². The topological polar surface area (TPSA) is 80.7 Å². The van der Waals surface area contributed by atoms with Gasteiger partial charge in [-0.25, -0.2) is 8.42 Å². The zero-order valence-corrected chi connectivity index (χ0v) is 19.3. The molecule has 6 nitrogen and oxygen atoms in total. The van der Waals surface area contributed by atoms with Gasteiger partial charge in [-0.2, -0.15) is 0 Å². The number of rotatable bonds is 8. The first-order chi connectivity index (χ1) is 15.8. The maximum absolute atomic E-state index is 13.3. The Kier molecular flexibility index (Phi) is 6.51. The molecule has 0 N–H and O–H groups in total. The van der Waals surface area contributed by atoms with Gasteiger partial charge >= 0.3 is 0 Å². The van der Waals surface area contributed by atoms with Crippen molar-refractivity contribution in [3.63, 3.8) is 0 Å². The SMILES string of the molecule is CC(C)c1ccc(CN(Cc2ccco2)C(=O)c2ccc(S(=O)(=O)c3ccccc3)o2)cc1. The number of hydrogen-bond acceptors (Lipinski definition) is 5. The van der Waals surface area contributed by atoms with Gasteiger partial charge in [0.05, 0.1) is 17.7 Å². The first-order valence-electron chi connectivity index (χ1n) is 10.6. The highest BCUT2D eigenvalue weighted by molar-refractivity contribution is 7.91. The zero-order valence-electron chi connectivity index (χ0n) is 18.5. The first kappa shape index (κ1) is 22.6.